The number of rotatable bonds is 4. The van der Waals surface area contributed by atoms with Gasteiger partial charge in [-0.3, -0.25) is 4.99 Å². The zero-order valence-electron chi connectivity index (χ0n) is 9.29. The van der Waals surface area contributed by atoms with Gasteiger partial charge < -0.3 is 10.6 Å². The Morgan fingerprint density at radius 1 is 1.50 bits per heavy atom. The van der Waals surface area contributed by atoms with Gasteiger partial charge in [0, 0.05) is 6.04 Å². The number of hydrogen-bond acceptors (Lipinski definition) is 3. The fraction of sp³-hybridized carbons (Fsp3) is 0.909. The van der Waals surface area contributed by atoms with Gasteiger partial charge in [0.05, 0.1) is 12.1 Å². The van der Waals surface area contributed by atoms with Gasteiger partial charge in [0.2, 0.25) is 0 Å². The molecule has 1 fully saturated rings. The van der Waals surface area contributed by atoms with Gasteiger partial charge in [-0.05, 0) is 25.7 Å². The Hall–Kier alpha value is -0.730. The molecule has 1 aliphatic heterocycles. The molecule has 1 aliphatic carbocycles. The van der Waals surface area contributed by atoms with Crippen LogP contribution in [-0.4, -0.2) is 29.0 Å². The minimum atomic E-state index is 0.264. The maximum atomic E-state index is 5.98. The Morgan fingerprint density at radius 2 is 2.21 bits per heavy atom. The highest BCUT2D eigenvalue weighted by Gasteiger charge is 2.46. The van der Waals surface area contributed by atoms with E-state index in [1.807, 2.05) is 0 Å². The molecule has 0 bridgehead atoms. The number of nitrogens with zero attached hydrogens (tertiary/aromatic N) is 2. The average Bonchev–Trinajstić information content (AvgIpc) is 2.94. The maximum absolute atomic E-state index is 5.98. The van der Waals surface area contributed by atoms with Crippen LogP contribution in [0.15, 0.2) is 4.99 Å². The van der Waals surface area contributed by atoms with Gasteiger partial charge in [0.1, 0.15) is 0 Å². The third-order valence-corrected chi connectivity index (χ3v) is 3.58. The fourth-order valence-corrected chi connectivity index (χ4v) is 2.65. The number of nitrogens with two attached hydrogens (primary N) is 1. The molecule has 14 heavy (non-hydrogen) atoms. The first kappa shape index (κ1) is 9.81. The van der Waals surface area contributed by atoms with E-state index in [0.717, 1.165) is 12.5 Å². The molecule has 1 atom stereocenters. The van der Waals surface area contributed by atoms with E-state index >= 15 is 0 Å². The van der Waals surface area contributed by atoms with Crippen LogP contribution >= 0.6 is 0 Å². The van der Waals surface area contributed by atoms with Crippen LogP contribution < -0.4 is 5.73 Å². The standard InChI is InChI=1S/C11H21N3/c1-3-7-11(4-2)8-13-10(12)14(11)9-5-6-9/h9H,3-8H2,1-2H3,(H2,12,13). The Labute approximate surface area is 86.4 Å². The monoisotopic (exact) mass is 195 g/mol. The van der Waals surface area contributed by atoms with E-state index in [0.29, 0.717) is 6.04 Å². The normalized spacial score (nSPS) is 32.1. The summed E-state index contributed by atoms with van der Waals surface area (Å²) >= 11 is 0. The van der Waals surface area contributed by atoms with E-state index in [2.05, 4.69) is 23.7 Å². The molecule has 80 valence electrons. The fourth-order valence-electron chi connectivity index (χ4n) is 2.65. The molecule has 0 aromatic carbocycles. The summed E-state index contributed by atoms with van der Waals surface area (Å²) in [5, 5.41) is 0. The summed E-state index contributed by atoms with van der Waals surface area (Å²) in [6.07, 6.45) is 6.23. The van der Waals surface area contributed by atoms with Crippen LogP contribution in [0.3, 0.4) is 0 Å². The highest BCUT2D eigenvalue weighted by atomic mass is 15.4. The number of hydrogen-bond donors (Lipinski definition) is 1. The van der Waals surface area contributed by atoms with Gasteiger partial charge in [-0.2, -0.15) is 0 Å². The van der Waals surface area contributed by atoms with Gasteiger partial charge >= 0.3 is 0 Å². The minimum Gasteiger partial charge on any atom is -0.370 e. The van der Waals surface area contributed by atoms with Gasteiger partial charge in [0.15, 0.2) is 5.96 Å². The zero-order chi connectivity index (χ0) is 10.2. The molecule has 2 aliphatic rings. The molecule has 1 heterocycles. The summed E-state index contributed by atoms with van der Waals surface area (Å²) in [6, 6.07) is 0.702. The Balaban J connectivity index is 2.16. The lowest BCUT2D eigenvalue weighted by Gasteiger charge is -2.39. The quantitative estimate of drug-likeness (QED) is 0.742. The van der Waals surface area contributed by atoms with Crippen molar-refractivity contribution in [2.24, 2.45) is 10.7 Å². The van der Waals surface area contributed by atoms with Gasteiger partial charge in [-0.25, -0.2) is 0 Å². The highest BCUT2D eigenvalue weighted by Crippen LogP contribution is 2.39. The first-order valence-electron chi connectivity index (χ1n) is 5.83. The topological polar surface area (TPSA) is 41.6 Å². The van der Waals surface area contributed by atoms with Gasteiger partial charge in [-0.15, -0.1) is 0 Å². The average molecular weight is 195 g/mol. The number of guanidine groups is 1. The van der Waals surface area contributed by atoms with E-state index in [1.54, 1.807) is 0 Å². The van der Waals surface area contributed by atoms with E-state index in [4.69, 9.17) is 5.73 Å². The van der Waals surface area contributed by atoms with Crippen LogP contribution in [0.25, 0.3) is 0 Å². The smallest absolute Gasteiger partial charge is 0.192 e. The van der Waals surface area contributed by atoms with Crippen molar-refractivity contribution in [2.45, 2.75) is 57.5 Å². The van der Waals surface area contributed by atoms with Crippen molar-refractivity contribution in [1.82, 2.24) is 4.90 Å². The lowest BCUT2D eigenvalue weighted by molar-refractivity contribution is 0.170. The van der Waals surface area contributed by atoms with Crippen molar-refractivity contribution < 1.29 is 0 Å². The van der Waals surface area contributed by atoms with Crippen molar-refractivity contribution in [1.29, 1.82) is 0 Å². The summed E-state index contributed by atoms with van der Waals surface area (Å²) in [5.74, 6) is 0.794. The second-order valence-electron chi connectivity index (χ2n) is 4.60. The first-order valence-corrected chi connectivity index (χ1v) is 5.83. The largest absolute Gasteiger partial charge is 0.370 e. The second kappa shape index (κ2) is 3.44. The van der Waals surface area contributed by atoms with Crippen LogP contribution in [0.1, 0.15) is 46.0 Å². The van der Waals surface area contributed by atoms with Crippen LogP contribution in [0.4, 0.5) is 0 Å². The molecule has 1 unspecified atom stereocenters. The molecule has 2 rings (SSSR count). The van der Waals surface area contributed by atoms with Crippen molar-refractivity contribution in [3.63, 3.8) is 0 Å². The minimum absolute atomic E-state index is 0.264. The Bertz CT molecular complexity index is 245. The van der Waals surface area contributed by atoms with Crippen molar-refractivity contribution in [2.75, 3.05) is 6.54 Å². The van der Waals surface area contributed by atoms with E-state index in [1.165, 1.54) is 32.1 Å². The predicted molar refractivity (Wildman–Crippen MR) is 59.3 cm³/mol. The van der Waals surface area contributed by atoms with Crippen LogP contribution in [0, 0.1) is 0 Å². The SMILES string of the molecule is CCCC1(CC)CN=C(N)N1C1CC1. The summed E-state index contributed by atoms with van der Waals surface area (Å²) in [7, 11) is 0. The molecular weight excluding hydrogens is 174 g/mol. The van der Waals surface area contributed by atoms with Crippen molar-refractivity contribution >= 4 is 5.96 Å². The molecule has 3 heteroatoms. The lowest BCUT2D eigenvalue weighted by Crippen LogP contribution is -2.52. The molecular formula is C11H21N3. The lowest BCUT2D eigenvalue weighted by atomic mass is 9.89. The van der Waals surface area contributed by atoms with E-state index in [-0.39, 0.29) is 5.54 Å². The Kier molecular flexibility index (Phi) is 2.41. The molecule has 0 radical (unpaired) electrons. The Morgan fingerprint density at radius 3 is 2.71 bits per heavy atom. The van der Waals surface area contributed by atoms with Crippen LogP contribution in [-0.2, 0) is 0 Å². The highest BCUT2D eigenvalue weighted by molar-refractivity contribution is 5.81. The van der Waals surface area contributed by atoms with Gasteiger partial charge in [0.25, 0.3) is 0 Å². The second-order valence-corrected chi connectivity index (χ2v) is 4.60. The van der Waals surface area contributed by atoms with E-state index < -0.39 is 0 Å². The molecule has 0 aromatic rings. The van der Waals surface area contributed by atoms with Gasteiger partial charge in [-0.1, -0.05) is 20.3 Å². The summed E-state index contributed by atoms with van der Waals surface area (Å²) in [6.45, 7) is 5.43. The third kappa shape index (κ3) is 1.39. The molecule has 1 saturated carbocycles. The number of aliphatic imine (C=N–C) groups is 1. The molecule has 0 aromatic heterocycles. The molecule has 3 nitrogen and oxygen atoms in total. The van der Waals surface area contributed by atoms with E-state index in [9.17, 15) is 0 Å². The zero-order valence-corrected chi connectivity index (χ0v) is 9.29. The third-order valence-electron chi connectivity index (χ3n) is 3.58. The summed E-state index contributed by atoms with van der Waals surface area (Å²) in [5.41, 5.74) is 6.24. The van der Waals surface area contributed by atoms with Crippen molar-refractivity contribution in [3.05, 3.63) is 0 Å². The first-order chi connectivity index (χ1) is 6.73. The van der Waals surface area contributed by atoms with Crippen LogP contribution in [0.5, 0.6) is 0 Å². The summed E-state index contributed by atoms with van der Waals surface area (Å²) in [4.78, 5) is 6.86. The maximum Gasteiger partial charge on any atom is 0.192 e. The molecule has 0 saturated heterocycles. The van der Waals surface area contributed by atoms with Crippen molar-refractivity contribution in [3.8, 4) is 0 Å². The predicted octanol–water partition coefficient (Wildman–Crippen LogP) is 1.73. The van der Waals surface area contributed by atoms with Crippen LogP contribution in [0.2, 0.25) is 0 Å². The molecule has 2 N–H and O–H groups in total. The molecule has 0 spiro atoms. The molecule has 0 amide bonds. The summed E-state index contributed by atoms with van der Waals surface area (Å²) < 4.78 is 0.